The molecule has 2 amide bonds. The maximum absolute atomic E-state index is 12.4. The van der Waals surface area contributed by atoms with Crippen LogP contribution in [-0.4, -0.2) is 59.0 Å². The zero-order valence-electron chi connectivity index (χ0n) is 12.8. The van der Waals surface area contributed by atoms with Gasteiger partial charge in [0.2, 0.25) is 11.8 Å². The van der Waals surface area contributed by atoms with Crippen molar-refractivity contribution in [1.82, 2.24) is 9.80 Å². The molecule has 0 radical (unpaired) electrons. The first kappa shape index (κ1) is 15.3. The standard InChI is InChI=1S/C15H26N2O3/c1-15(2,20)10-16(3)13(18)12-5-4-8-17(9-12)14(19)11-6-7-11/h11-12,20H,4-10H2,1-3H3. The number of amides is 2. The molecule has 1 saturated heterocycles. The summed E-state index contributed by atoms with van der Waals surface area (Å²) in [5, 5.41) is 9.80. The van der Waals surface area contributed by atoms with Gasteiger partial charge in [0, 0.05) is 32.6 Å². The Balaban J connectivity index is 1.90. The van der Waals surface area contributed by atoms with Gasteiger partial charge in [-0.3, -0.25) is 9.59 Å². The Labute approximate surface area is 120 Å². The number of hydrogen-bond acceptors (Lipinski definition) is 3. The van der Waals surface area contributed by atoms with Crippen LogP contribution in [0.3, 0.4) is 0 Å². The van der Waals surface area contributed by atoms with Crippen LogP contribution in [0.2, 0.25) is 0 Å². The number of hydrogen-bond donors (Lipinski definition) is 1. The van der Waals surface area contributed by atoms with Crippen LogP contribution in [0.15, 0.2) is 0 Å². The van der Waals surface area contributed by atoms with Crippen molar-refractivity contribution in [2.24, 2.45) is 11.8 Å². The largest absolute Gasteiger partial charge is 0.389 e. The van der Waals surface area contributed by atoms with Gasteiger partial charge in [-0.1, -0.05) is 0 Å². The summed E-state index contributed by atoms with van der Waals surface area (Å²) in [4.78, 5) is 28.0. The van der Waals surface area contributed by atoms with Crippen LogP contribution in [0.5, 0.6) is 0 Å². The Morgan fingerprint density at radius 2 is 1.90 bits per heavy atom. The Hall–Kier alpha value is -1.10. The van der Waals surface area contributed by atoms with Gasteiger partial charge in [0.25, 0.3) is 0 Å². The molecule has 0 spiro atoms. The molecule has 0 aromatic heterocycles. The molecule has 0 aromatic rings. The first-order chi connectivity index (χ1) is 9.28. The lowest BCUT2D eigenvalue weighted by Crippen LogP contribution is -2.48. The molecule has 2 fully saturated rings. The smallest absolute Gasteiger partial charge is 0.227 e. The predicted molar refractivity (Wildman–Crippen MR) is 76.0 cm³/mol. The summed E-state index contributed by atoms with van der Waals surface area (Å²) < 4.78 is 0. The van der Waals surface area contributed by atoms with Crippen molar-refractivity contribution in [3.8, 4) is 0 Å². The number of aliphatic hydroxyl groups is 1. The Kier molecular flexibility index (Phi) is 4.37. The Morgan fingerprint density at radius 3 is 2.45 bits per heavy atom. The molecule has 1 saturated carbocycles. The van der Waals surface area contributed by atoms with E-state index in [1.54, 1.807) is 25.8 Å². The van der Waals surface area contributed by atoms with Crippen molar-refractivity contribution in [1.29, 1.82) is 0 Å². The van der Waals surface area contributed by atoms with Crippen molar-refractivity contribution >= 4 is 11.8 Å². The van der Waals surface area contributed by atoms with Crippen LogP contribution in [0.4, 0.5) is 0 Å². The molecular weight excluding hydrogens is 256 g/mol. The number of likely N-dealkylation sites (tertiary alicyclic amines) is 1. The first-order valence-electron chi connectivity index (χ1n) is 7.54. The molecule has 20 heavy (non-hydrogen) atoms. The lowest BCUT2D eigenvalue weighted by atomic mass is 9.95. The van der Waals surface area contributed by atoms with Crippen LogP contribution in [0.1, 0.15) is 39.5 Å². The molecule has 0 aromatic carbocycles. The van der Waals surface area contributed by atoms with Gasteiger partial charge >= 0.3 is 0 Å². The normalized spacial score (nSPS) is 23.6. The van der Waals surface area contributed by atoms with Crippen LogP contribution in [0.25, 0.3) is 0 Å². The highest BCUT2D eigenvalue weighted by molar-refractivity contribution is 5.83. The quantitative estimate of drug-likeness (QED) is 0.832. The first-order valence-corrected chi connectivity index (χ1v) is 7.54. The monoisotopic (exact) mass is 282 g/mol. The second kappa shape index (κ2) is 5.72. The lowest BCUT2D eigenvalue weighted by Gasteiger charge is -2.35. The minimum atomic E-state index is -0.886. The minimum absolute atomic E-state index is 0.0421. The van der Waals surface area contributed by atoms with Crippen molar-refractivity contribution in [3.63, 3.8) is 0 Å². The van der Waals surface area contributed by atoms with Gasteiger partial charge in [0.1, 0.15) is 0 Å². The molecule has 1 heterocycles. The van der Waals surface area contributed by atoms with E-state index in [0.29, 0.717) is 13.1 Å². The van der Waals surface area contributed by atoms with Gasteiger partial charge < -0.3 is 14.9 Å². The van der Waals surface area contributed by atoms with E-state index in [2.05, 4.69) is 0 Å². The number of carbonyl (C=O) groups excluding carboxylic acids is 2. The minimum Gasteiger partial charge on any atom is -0.389 e. The summed E-state index contributed by atoms with van der Waals surface area (Å²) in [5.74, 6) is 0.379. The summed E-state index contributed by atoms with van der Waals surface area (Å²) in [5.41, 5.74) is -0.886. The van der Waals surface area contributed by atoms with Crippen molar-refractivity contribution < 1.29 is 14.7 Å². The van der Waals surface area contributed by atoms with Crippen molar-refractivity contribution in [2.45, 2.75) is 45.1 Å². The second-order valence-corrected chi connectivity index (χ2v) is 6.90. The highest BCUT2D eigenvalue weighted by Gasteiger charge is 2.37. The summed E-state index contributed by atoms with van der Waals surface area (Å²) in [6, 6.07) is 0. The third-order valence-corrected chi connectivity index (χ3v) is 4.01. The van der Waals surface area contributed by atoms with Gasteiger partial charge in [-0.2, -0.15) is 0 Å². The molecule has 2 rings (SSSR count). The van der Waals surface area contributed by atoms with E-state index in [1.807, 2.05) is 4.90 Å². The molecule has 1 atom stereocenters. The summed E-state index contributed by atoms with van der Waals surface area (Å²) in [6.45, 7) is 5.04. The highest BCUT2D eigenvalue weighted by atomic mass is 16.3. The van der Waals surface area contributed by atoms with Gasteiger partial charge in [-0.15, -0.1) is 0 Å². The average molecular weight is 282 g/mol. The summed E-state index contributed by atoms with van der Waals surface area (Å²) >= 11 is 0. The Bertz CT molecular complexity index is 385. The van der Waals surface area contributed by atoms with E-state index < -0.39 is 5.60 Å². The van der Waals surface area contributed by atoms with E-state index >= 15 is 0 Å². The van der Waals surface area contributed by atoms with E-state index in [1.165, 1.54) is 0 Å². The number of likely N-dealkylation sites (N-methyl/N-ethyl adjacent to an activating group) is 1. The van der Waals surface area contributed by atoms with E-state index in [-0.39, 0.29) is 23.7 Å². The fourth-order valence-corrected chi connectivity index (χ4v) is 2.94. The average Bonchev–Trinajstić information content (AvgIpc) is 3.19. The number of carbonyl (C=O) groups is 2. The van der Waals surface area contributed by atoms with Crippen LogP contribution < -0.4 is 0 Å². The fourth-order valence-electron chi connectivity index (χ4n) is 2.94. The van der Waals surface area contributed by atoms with Crippen LogP contribution in [-0.2, 0) is 9.59 Å². The maximum atomic E-state index is 12.4. The van der Waals surface area contributed by atoms with Gasteiger partial charge in [0.15, 0.2) is 0 Å². The zero-order chi connectivity index (χ0) is 14.9. The second-order valence-electron chi connectivity index (χ2n) is 6.90. The number of rotatable bonds is 4. The summed E-state index contributed by atoms with van der Waals surface area (Å²) in [6.07, 6.45) is 3.74. The van der Waals surface area contributed by atoms with Gasteiger partial charge in [-0.05, 0) is 39.5 Å². The molecule has 5 heteroatoms. The third-order valence-electron chi connectivity index (χ3n) is 4.01. The Morgan fingerprint density at radius 1 is 1.25 bits per heavy atom. The highest BCUT2D eigenvalue weighted by Crippen LogP contribution is 2.32. The maximum Gasteiger partial charge on any atom is 0.227 e. The lowest BCUT2D eigenvalue weighted by molar-refractivity contribution is -0.142. The van der Waals surface area contributed by atoms with Gasteiger partial charge in [0.05, 0.1) is 11.5 Å². The molecule has 0 bridgehead atoms. The third kappa shape index (κ3) is 3.95. The topological polar surface area (TPSA) is 60.9 Å². The van der Waals surface area contributed by atoms with E-state index in [0.717, 1.165) is 32.2 Å². The van der Waals surface area contributed by atoms with Gasteiger partial charge in [-0.25, -0.2) is 0 Å². The number of nitrogens with zero attached hydrogens (tertiary/aromatic N) is 2. The SMILES string of the molecule is CN(CC(C)(C)O)C(=O)C1CCCN(C(=O)C2CC2)C1. The van der Waals surface area contributed by atoms with Crippen molar-refractivity contribution in [3.05, 3.63) is 0 Å². The van der Waals surface area contributed by atoms with Crippen molar-refractivity contribution in [2.75, 3.05) is 26.7 Å². The molecule has 1 aliphatic carbocycles. The molecule has 1 aliphatic heterocycles. The van der Waals surface area contributed by atoms with Crippen LogP contribution in [0, 0.1) is 11.8 Å². The fraction of sp³-hybridized carbons (Fsp3) is 0.867. The molecule has 1 N–H and O–H groups in total. The molecule has 5 nitrogen and oxygen atoms in total. The molecule has 1 unspecified atom stereocenters. The molecule has 2 aliphatic rings. The van der Waals surface area contributed by atoms with E-state index in [4.69, 9.17) is 0 Å². The van der Waals surface area contributed by atoms with Crippen LogP contribution >= 0.6 is 0 Å². The van der Waals surface area contributed by atoms with E-state index in [9.17, 15) is 14.7 Å². The predicted octanol–water partition coefficient (Wildman–Crippen LogP) is 0.864. The number of piperidine rings is 1. The molecular formula is C15H26N2O3. The zero-order valence-corrected chi connectivity index (χ0v) is 12.8. The summed E-state index contributed by atoms with van der Waals surface area (Å²) in [7, 11) is 1.72. The molecule has 114 valence electrons.